The molecule has 0 aliphatic rings. The molecule has 0 saturated heterocycles. The molecule has 0 fully saturated rings. The van der Waals surface area contributed by atoms with Gasteiger partial charge in [0.25, 0.3) is 0 Å². The Balaban J connectivity index is 1.52. The van der Waals surface area contributed by atoms with E-state index in [1.165, 1.54) is 11.1 Å². The summed E-state index contributed by atoms with van der Waals surface area (Å²) in [5.74, 6) is 0. The summed E-state index contributed by atoms with van der Waals surface area (Å²) in [6.45, 7) is 4.20. The highest BCUT2D eigenvalue weighted by Gasteiger charge is 2.04. The quantitative estimate of drug-likeness (QED) is 0.223. The number of benzene rings is 4. The van der Waals surface area contributed by atoms with Crippen LogP contribution in [0.4, 0.5) is 11.4 Å². The first-order valence-corrected chi connectivity index (χ1v) is 11.9. The number of rotatable bonds is 5. The third-order valence-electron chi connectivity index (χ3n) is 5.17. The largest absolute Gasteiger partial charge is 0.256 e. The Morgan fingerprint density at radius 3 is 1.25 bits per heavy atom. The van der Waals surface area contributed by atoms with E-state index in [0.29, 0.717) is 0 Å². The first kappa shape index (κ1) is 22.4. The summed E-state index contributed by atoms with van der Waals surface area (Å²) in [6, 6.07) is 29.0. The maximum absolute atomic E-state index is 4.67. The molecule has 0 bridgehead atoms. The van der Waals surface area contributed by atoms with Gasteiger partial charge >= 0.3 is 0 Å². The Kier molecular flexibility index (Phi) is 7.13. The molecule has 0 aromatic heterocycles. The van der Waals surface area contributed by atoms with Crippen molar-refractivity contribution in [3.63, 3.8) is 0 Å². The van der Waals surface area contributed by atoms with Crippen molar-refractivity contribution < 1.29 is 0 Å². The van der Waals surface area contributed by atoms with Crippen LogP contribution < -0.4 is 0 Å². The highest BCUT2D eigenvalue weighted by Crippen LogP contribution is 2.30. The van der Waals surface area contributed by atoms with Crippen LogP contribution in [0.25, 0.3) is 11.1 Å². The average Bonchev–Trinajstić information content (AvgIpc) is 2.79. The Bertz CT molecular complexity index is 1190. The van der Waals surface area contributed by atoms with Crippen molar-refractivity contribution >= 4 is 55.7 Å². The molecular formula is C28H22Br2N2. The molecule has 158 valence electrons. The minimum atomic E-state index is 0.976. The van der Waals surface area contributed by atoms with Crippen LogP contribution in [0.5, 0.6) is 0 Å². The molecular weight excluding hydrogens is 524 g/mol. The normalized spacial score (nSPS) is 11.5. The van der Waals surface area contributed by atoms with Gasteiger partial charge in [-0.2, -0.15) is 0 Å². The Morgan fingerprint density at radius 1 is 0.531 bits per heavy atom. The Morgan fingerprint density at radius 2 is 0.906 bits per heavy atom. The molecule has 0 radical (unpaired) electrons. The van der Waals surface area contributed by atoms with Crippen LogP contribution in [0, 0.1) is 13.8 Å². The van der Waals surface area contributed by atoms with Crippen molar-refractivity contribution in [3.8, 4) is 11.1 Å². The monoisotopic (exact) mass is 544 g/mol. The molecule has 4 aromatic carbocycles. The fourth-order valence-corrected chi connectivity index (χ4v) is 3.87. The molecule has 0 heterocycles. The van der Waals surface area contributed by atoms with E-state index >= 15 is 0 Å². The van der Waals surface area contributed by atoms with Crippen LogP contribution in [0.1, 0.15) is 22.3 Å². The zero-order valence-electron chi connectivity index (χ0n) is 17.9. The van der Waals surface area contributed by atoms with Crippen molar-refractivity contribution in [2.45, 2.75) is 13.8 Å². The van der Waals surface area contributed by atoms with Crippen molar-refractivity contribution in [3.05, 3.63) is 116 Å². The van der Waals surface area contributed by atoms with Crippen LogP contribution in [0.15, 0.2) is 104 Å². The van der Waals surface area contributed by atoms with Gasteiger partial charge in [-0.3, -0.25) is 9.98 Å². The number of halogens is 2. The lowest BCUT2D eigenvalue weighted by Gasteiger charge is -2.08. The SMILES string of the molecule is Cc1cc(-c2ccc(N=Cc3ccc(Br)cc3)c(C)c2)ccc1N=Cc1ccc(Br)cc1. The number of nitrogens with zero attached hydrogens (tertiary/aromatic N) is 2. The summed E-state index contributed by atoms with van der Waals surface area (Å²) in [5.41, 5.74) is 8.75. The molecule has 32 heavy (non-hydrogen) atoms. The predicted molar refractivity (Wildman–Crippen MR) is 144 cm³/mol. The van der Waals surface area contributed by atoms with Crippen LogP contribution >= 0.6 is 31.9 Å². The van der Waals surface area contributed by atoms with E-state index in [1.54, 1.807) is 0 Å². The molecule has 4 aromatic rings. The molecule has 0 N–H and O–H groups in total. The predicted octanol–water partition coefficient (Wildman–Crippen LogP) is 9.00. The molecule has 0 aliphatic carbocycles. The second-order valence-corrected chi connectivity index (χ2v) is 9.45. The number of aliphatic imine (C=N–C) groups is 2. The lowest BCUT2D eigenvalue weighted by molar-refractivity contribution is 1.38. The van der Waals surface area contributed by atoms with Crippen LogP contribution in [0.2, 0.25) is 0 Å². The minimum absolute atomic E-state index is 0.976. The van der Waals surface area contributed by atoms with Crippen molar-refractivity contribution in [1.29, 1.82) is 0 Å². The maximum Gasteiger partial charge on any atom is 0.0659 e. The summed E-state index contributed by atoms with van der Waals surface area (Å²) < 4.78 is 2.13. The molecule has 0 unspecified atom stereocenters. The molecule has 4 rings (SSSR count). The van der Waals surface area contributed by atoms with Gasteiger partial charge in [-0.25, -0.2) is 0 Å². The maximum atomic E-state index is 4.67. The second-order valence-electron chi connectivity index (χ2n) is 7.62. The zero-order valence-corrected chi connectivity index (χ0v) is 21.1. The molecule has 0 spiro atoms. The van der Waals surface area contributed by atoms with Crippen molar-refractivity contribution in [2.75, 3.05) is 0 Å². The lowest BCUT2D eigenvalue weighted by atomic mass is 10.00. The van der Waals surface area contributed by atoms with E-state index in [9.17, 15) is 0 Å². The van der Waals surface area contributed by atoms with E-state index in [-0.39, 0.29) is 0 Å². The average molecular weight is 546 g/mol. The fourth-order valence-electron chi connectivity index (χ4n) is 3.35. The Labute approximate surface area is 206 Å². The number of hydrogen-bond donors (Lipinski definition) is 0. The first-order valence-electron chi connectivity index (χ1n) is 10.3. The van der Waals surface area contributed by atoms with Gasteiger partial charge in [0.1, 0.15) is 0 Å². The molecule has 0 amide bonds. The van der Waals surface area contributed by atoms with Gasteiger partial charge in [0.15, 0.2) is 0 Å². The zero-order chi connectivity index (χ0) is 22.5. The molecule has 0 aliphatic heterocycles. The summed E-state index contributed by atoms with van der Waals surface area (Å²) in [7, 11) is 0. The molecule has 0 atom stereocenters. The first-order chi connectivity index (χ1) is 15.5. The Hall–Kier alpha value is -2.82. The molecule has 0 saturated carbocycles. The van der Waals surface area contributed by atoms with Gasteiger partial charge in [-0.15, -0.1) is 0 Å². The van der Waals surface area contributed by atoms with Crippen LogP contribution in [-0.2, 0) is 0 Å². The van der Waals surface area contributed by atoms with Gasteiger partial charge < -0.3 is 0 Å². The highest BCUT2D eigenvalue weighted by atomic mass is 79.9. The molecule has 4 heteroatoms. The third kappa shape index (κ3) is 5.70. The molecule has 2 nitrogen and oxygen atoms in total. The van der Waals surface area contributed by atoms with Crippen LogP contribution in [-0.4, -0.2) is 12.4 Å². The van der Waals surface area contributed by atoms with Crippen molar-refractivity contribution in [1.82, 2.24) is 0 Å². The van der Waals surface area contributed by atoms with E-state index in [0.717, 1.165) is 42.6 Å². The van der Waals surface area contributed by atoms with E-state index in [2.05, 4.69) is 92.1 Å². The standard InChI is InChI=1S/C28H22Br2N2/c1-19-15-23(7-13-27(19)31-17-21-3-9-25(29)10-4-21)24-8-14-28(20(2)16-24)32-18-22-5-11-26(30)12-6-22/h3-18H,1-2H3. The second kappa shape index (κ2) is 10.2. The summed E-state index contributed by atoms with van der Waals surface area (Å²) in [4.78, 5) is 9.34. The van der Waals surface area contributed by atoms with E-state index in [4.69, 9.17) is 0 Å². The smallest absolute Gasteiger partial charge is 0.0659 e. The third-order valence-corrected chi connectivity index (χ3v) is 6.23. The van der Waals surface area contributed by atoms with Gasteiger partial charge in [0, 0.05) is 21.4 Å². The van der Waals surface area contributed by atoms with E-state index in [1.807, 2.05) is 61.0 Å². The topological polar surface area (TPSA) is 24.7 Å². The summed E-state index contributed by atoms with van der Waals surface area (Å²) in [5, 5.41) is 0. The number of aryl methyl sites for hydroxylation is 2. The fraction of sp³-hybridized carbons (Fsp3) is 0.0714. The summed E-state index contributed by atoms with van der Waals surface area (Å²) in [6.07, 6.45) is 3.80. The van der Waals surface area contributed by atoms with Crippen molar-refractivity contribution in [2.24, 2.45) is 9.98 Å². The highest BCUT2D eigenvalue weighted by molar-refractivity contribution is 9.10. The summed E-state index contributed by atoms with van der Waals surface area (Å²) >= 11 is 6.92. The van der Waals surface area contributed by atoms with Gasteiger partial charge in [0.2, 0.25) is 0 Å². The van der Waals surface area contributed by atoms with E-state index < -0.39 is 0 Å². The van der Waals surface area contributed by atoms with Gasteiger partial charge in [-0.1, -0.05) is 68.3 Å². The lowest BCUT2D eigenvalue weighted by Crippen LogP contribution is -1.85. The number of hydrogen-bond acceptors (Lipinski definition) is 2. The van der Waals surface area contributed by atoms with Gasteiger partial charge in [0.05, 0.1) is 11.4 Å². The van der Waals surface area contributed by atoms with Crippen LogP contribution in [0.3, 0.4) is 0 Å². The minimum Gasteiger partial charge on any atom is -0.256 e. The van der Waals surface area contributed by atoms with Gasteiger partial charge in [-0.05, 0) is 95.8 Å².